The van der Waals surface area contributed by atoms with Gasteiger partial charge in [-0.15, -0.1) is 11.3 Å². The Hall–Kier alpha value is -2.76. The number of aryl methyl sites for hydroxylation is 1. The van der Waals surface area contributed by atoms with Gasteiger partial charge in [-0.3, -0.25) is 4.79 Å². The Kier molecular flexibility index (Phi) is 4.64. The molecule has 2 heterocycles. The van der Waals surface area contributed by atoms with Crippen LogP contribution in [-0.4, -0.2) is 9.97 Å². The van der Waals surface area contributed by atoms with Crippen LogP contribution in [0.2, 0.25) is 0 Å². The van der Waals surface area contributed by atoms with Crippen molar-refractivity contribution >= 4 is 44.3 Å². The zero-order valence-electron chi connectivity index (χ0n) is 14.3. The highest BCUT2D eigenvalue weighted by atomic mass is 35.5. The number of thiophene rings is 1. The molecule has 27 heavy (non-hydrogen) atoms. The van der Waals surface area contributed by atoms with Gasteiger partial charge < -0.3 is 4.98 Å². The van der Waals surface area contributed by atoms with E-state index in [4.69, 9.17) is 11.6 Å². The van der Waals surface area contributed by atoms with Gasteiger partial charge in [0.2, 0.25) is 0 Å². The molecule has 4 rings (SSSR count). The van der Waals surface area contributed by atoms with Crippen molar-refractivity contribution in [2.75, 3.05) is 0 Å². The van der Waals surface area contributed by atoms with E-state index in [2.05, 4.69) is 9.97 Å². The molecule has 0 spiro atoms. The van der Waals surface area contributed by atoms with E-state index in [1.807, 2.05) is 37.3 Å². The van der Waals surface area contributed by atoms with E-state index in [1.54, 1.807) is 18.2 Å². The van der Waals surface area contributed by atoms with Crippen LogP contribution in [0.1, 0.15) is 16.3 Å². The van der Waals surface area contributed by atoms with Crippen LogP contribution in [0, 0.1) is 12.7 Å². The lowest BCUT2D eigenvalue weighted by Crippen LogP contribution is -2.10. The van der Waals surface area contributed by atoms with Crippen LogP contribution in [0.4, 0.5) is 4.39 Å². The number of nitrogens with one attached hydrogen (secondary N) is 1. The normalized spacial score (nSPS) is 11.9. The molecule has 0 aliphatic carbocycles. The van der Waals surface area contributed by atoms with Gasteiger partial charge in [-0.1, -0.05) is 54.1 Å². The van der Waals surface area contributed by atoms with E-state index in [-0.39, 0.29) is 16.4 Å². The van der Waals surface area contributed by atoms with E-state index in [0.717, 1.165) is 21.6 Å². The molecule has 0 atom stereocenters. The van der Waals surface area contributed by atoms with Crippen molar-refractivity contribution in [2.24, 2.45) is 0 Å². The summed E-state index contributed by atoms with van der Waals surface area (Å²) >= 11 is 7.82. The van der Waals surface area contributed by atoms with Crippen LogP contribution < -0.4 is 5.56 Å². The van der Waals surface area contributed by atoms with Crippen LogP contribution >= 0.6 is 22.9 Å². The summed E-state index contributed by atoms with van der Waals surface area (Å²) in [6.07, 6.45) is 1.64. The molecule has 6 heteroatoms. The first kappa shape index (κ1) is 17.6. The van der Waals surface area contributed by atoms with Crippen molar-refractivity contribution in [3.05, 3.63) is 87.0 Å². The summed E-state index contributed by atoms with van der Waals surface area (Å²) in [5, 5.41) is 0.853. The molecule has 134 valence electrons. The Morgan fingerprint density at radius 1 is 1.15 bits per heavy atom. The minimum atomic E-state index is -0.321. The summed E-state index contributed by atoms with van der Waals surface area (Å²) in [6.45, 7) is 1.98. The second kappa shape index (κ2) is 7.10. The lowest BCUT2D eigenvalue weighted by molar-refractivity contribution is 0.628. The molecule has 1 N–H and O–H groups in total. The van der Waals surface area contributed by atoms with Crippen molar-refractivity contribution in [3.8, 4) is 11.1 Å². The first-order valence-corrected chi connectivity index (χ1v) is 9.44. The molecule has 0 radical (unpaired) electrons. The van der Waals surface area contributed by atoms with Crippen molar-refractivity contribution < 1.29 is 4.39 Å². The maximum atomic E-state index is 13.0. The van der Waals surface area contributed by atoms with Crippen LogP contribution in [0.3, 0.4) is 0 Å². The molecule has 2 aromatic carbocycles. The summed E-state index contributed by atoms with van der Waals surface area (Å²) < 4.78 is 13.0. The van der Waals surface area contributed by atoms with Gasteiger partial charge in [-0.2, -0.15) is 0 Å². The third-order valence-corrected chi connectivity index (χ3v) is 5.48. The Labute approximate surface area is 163 Å². The molecule has 0 fully saturated rings. The lowest BCUT2D eigenvalue weighted by Gasteiger charge is -2.03. The van der Waals surface area contributed by atoms with E-state index < -0.39 is 0 Å². The van der Waals surface area contributed by atoms with Crippen LogP contribution in [-0.2, 0) is 0 Å². The maximum Gasteiger partial charge on any atom is 0.260 e. The van der Waals surface area contributed by atoms with Gasteiger partial charge in [-0.05, 0) is 36.3 Å². The molecule has 4 aromatic rings. The molecule has 0 aliphatic rings. The lowest BCUT2D eigenvalue weighted by atomic mass is 10.0. The van der Waals surface area contributed by atoms with Crippen molar-refractivity contribution in [1.29, 1.82) is 0 Å². The van der Waals surface area contributed by atoms with Gasteiger partial charge in [0.1, 0.15) is 10.6 Å². The van der Waals surface area contributed by atoms with Crippen LogP contribution in [0.15, 0.2) is 59.4 Å². The predicted molar refractivity (Wildman–Crippen MR) is 111 cm³/mol. The van der Waals surface area contributed by atoms with E-state index in [0.29, 0.717) is 16.0 Å². The number of hydrogen-bond acceptors (Lipinski definition) is 3. The summed E-state index contributed by atoms with van der Waals surface area (Å²) in [5.74, 6) is -0.0296. The Morgan fingerprint density at radius 2 is 1.85 bits per heavy atom. The SMILES string of the molecule is Cc1sc2nc(/C(Cl)=C/c3ccc(F)cc3)[nH]c(=O)c2c1-c1ccccc1. The summed E-state index contributed by atoms with van der Waals surface area (Å²) in [7, 11) is 0. The number of hydrogen-bond donors (Lipinski definition) is 1. The quantitative estimate of drug-likeness (QED) is 0.473. The Balaban J connectivity index is 1.84. The average molecular weight is 397 g/mol. The van der Waals surface area contributed by atoms with Crippen molar-refractivity contribution in [2.45, 2.75) is 6.92 Å². The number of rotatable bonds is 3. The van der Waals surface area contributed by atoms with Gasteiger partial charge in [0, 0.05) is 10.4 Å². The molecular formula is C21H14ClFN2OS. The molecule has 0 bridgehead atoms. The fourth-order valence-electron chi connectivity index (χ4n) is 2.96. The highest BCUT2D eigenvalue weighted by molar-refractivity contribution is 7.19. The van der Waals surface area contributed by atoms with Crippen molar-refractivity contribution in [3.63, 3.8) is 0 Å². The number of H-pyrrole nitrogens is 1. The fourth-order valence-corrected chi connectivity index (χ4v) is 4.22. The minimum absolute atomic E-state index is 0.233. The van der Waals surface area contributed by atoms with Gasteiger partial charge in [0.15, 0.2) is 5.82 Å². The number of fused-ring (bicyclic) bond motifs is 1. The fraction of sp³-hybridized carbons (Fsp3) is 0.0476. The number of aromatic nitrogens is 2. The molecule has 2 aromatic heterocycles. The van der Waals surface area contributed by atoms with Gasteiger partial charge in [-0.25, -0.2) is 9.37 Å². The molecule has 0 saturated carbocycles. The van der Waals surface area contributed by atoms with Gasteiger partial charge in [0.05, 0.1) is 10.4 Å². The van der Waals surface area contributed by atoms with Gasteiger partial charge in [0.25, 0.3) is 5.56 Å². The number of nitrogens with zero attached hydrogens (tertiary/aromatic N) is 1. The largest absolute Gasteiger partial charge is 0.305 e. The third kappa shape index (κ3) is 3.44. The highest BCUT2D eigenvalue weighted by Gasteiger charge is 2.17. The Morgan fingerprint density at radius 3 is 2.56 bits per heavy atom. The van der Waals surface area contributed by atoms with E-state index in [9.17, 15) is 9.18 Å². The standard InChI is InChI=1S/C21H14ClFN2OS/c1-12-17(14-5-3-2-4-6-14)18-20(26)24-19(25-21(18)27-12)16(22)11-13-7-9-15(23)10-8-13/h2-11H,1H3,(H,24,25,26)/b16-11-. The number of benzene rings is 2. The summed E-state index contributed by atoms with van der Waals surface area (Å²) in [4.78, 5) is 21.8. The molecule has 0 saturated heterocycles. The molecule has 0 aliphatic heterocycles. The molecule has 0 amide bonds. The molecule has 3 nitrogen and oxygen atoms in total. The Bertz CT molecular complexity index is 1210. The zero-order valence-corrected chi connectivity index (χ0v) is 15.9. The molecular weight excluding hydrogens is 383 g/mol. The average Bonchev–Trinajstić information content (AvgIpc) is 3.00. The van der Waals surface area contributed by atoms with Crippen LogP contribution in [0.5, 0.6) is 0 Å². The smallest absolute Gasteiger partial charge is 0.260 e. The second-order valence-corrected chi connectivity index (χ2v) is 7.65. The summed E-state index contributed by atoms with van der Waals surface area (Å²) in [6, 6.07) is 15.7. The predicted octanol–water partition coefficient (Wildman–Crippen LogP) is 5.84. The van der Waals surface area contributed by atoms with Crippen molar-refractivity contribution in [1.82, 2.24) is 9.97 Å². The van der Waals surface area contributed by atoms with Crippen LogP contribution in [0.25, 0.3) is 32.5 Å². The minimum Gasteiger partial charge on any atom is -0.305 e. The van der Waals surface area contributed by atoms with Gasteiger partial charge >= 0.3 is 0 Å². The van der Waals surface area contributed by atoms with E-state index in [1.165, 1.54) is 23.5 Å². The topological polar surface area (TPSA) is 45.8 Å². The maximum absolute atomic E-state index is 13.0. The highest BCUT2D eigenvalue weighted by Crippen LogP contribution is 2.35. The third-order valence-electron chi connectivity index (χ3n) is 4.19. The second-order valence-electron chi connectivity index (χ2n) is 6.04. The first-order valence-electron chi connectivity index (χ1n) is 8.25. The number of aromatic amines is 1. The monoisotopic (exact) mass is 396 g/mol. The summed E-state index contributed by atoms with van der Waals surface area (Å²) in [5.41, 5.74) is 2.36. The first-order chi connectivity index (χ1) is 13.0. The van der Waals surface area contributed by atoms with E-state index >= 15 is 0 Å². The number of halogens is 2. The molecule has 0 unspecified atom stereocenters. The zero-order chi connectivity index (χ0) is 19.0.